The van der Waals surface area contributed by atoms with E-state index in [1.165, 1.54) is 38.0 Å². The Morgan fingerprint density at radius 3 is 2.37 bits per heavy atom. The highest BCUT2D eigenvalue weighted by atomic mass is 32.2. The Labute approximate surface area is 205 Å². The second-order valence-electron chi connectivity index (χ2n) is 7.11. The standard InChI is InChI=1S/C24H22FN5O4S/c1-32-18-10-6-11-19(33-2)21(18)30-22(17-9-5-12-20(26-17)34-3)27-28-23(30)24(31)29-35-14-15-7-4-8-16(25)13-15/h4-13H,14H2,1-3H3,(H,29,31). The first-order chi connectivity index (χ1) is 17.0. The highest BCUT2D eigenvalue weighted by Gasteiger charge is 2.26. The fourth-order valence-electron chi connectivity index (χ4n) is 3.37. The number of hydrogen-bond acceptors (Lipinski definition) is 8. The molecule has 9 nitrogen and oxygen atoms in total. The number of carbonyl (C=O) groups excluding carboxylic acids is 1. The Hall–Kier alpha value is -4.12. The lowest BCUT2D eigenvalue weighted by Crippen LogP contribution is -2.21. The number of para-hydroxylation sites is 1. The van der Waals surface area contributed by atoms with Crippen molar-refractivity contribution in [1.82, 2.24) is 24.5 Å². The van der Waals surface area contributed by atoms with E-state index in [2.05, 4.69) is 19.9 Å². The highest BCUT2D eigenvalue weighted by molar-refractivity contribution is 7.97. The Morgan fingerprint density at radius 2 is 1.69 bits per heavy atom. The first-order valence-electron chi connectivity index (χ1n) is 10.4. The van der Waals surface area contributed by atoms with Crippen molar-refractivity contribution in [3.8, 4) is 34.6 Å². The summed E-state index contributed by atoms with van der Waals surface area (Å²) in [6.45, 7) is 0. The predicted octanol–water partition coefficient (Wildman–Crippen LogP) is 4.07. The molecule has 2 aromatic heterocycles. The van der Waals surface area contributed by atoms with Gasteiger partial charge in [0, 0.05) is 11.8 Å². The molecule has 11 heteroatoms. The van der Waals surface area contributed by atoms with Gasteiger partial charge in [0.25, 0.3) is 5.91 Å². The number of halogens is 1. The van der Waals surface area contributed by atoms with Crippen LogP contribution < -0.4 is 18.9 Å². The molecular weight excluding hydrogens is 473 g/mol. The minimum atomic E-state index is -0.513. The highest BCUT2D eigenvalue weighted by Crippen LogP contribution is 2.36. The maximum absolute atomic E-state index is 13.5. The number of methoxy groups -OCH3 is 3. The van der Waals surface area contributed by atoms with Gasteiger partial charge in [-0.3, -0.25) is 14.1 Å². The SMILES string of the molecule is COc1cccc(-c2nnc(C(=O)NSCc3cccc(F)c3)n2-c2c(OC)cccc2OC)n1. The molecule has 0 saturated heterocycles. The summed E-state index contributed by atoms with van der Waals surface area (Å²) in [5, 5.41) is 8.40. The summed E-state index contributed by atoms with van der Waals surface area (Å²) < 4.78 is 34.1. The summed E-state index contributed by atoms with van der Waals surface area (Å²) in [5.74, 6) is 1.03. The average Bonchev–Trinajstić information content (AvgIpc) is 3.33. The third-order valence-corrected chi connectivity index (χ3v) is 5.75. The smallest absolute Gasteiger partial charge is 0.299 e. The van der Waals surface area contributed by atoms with Gasteiger partial charge in [-0.25, -0.2) is 9.37 Å². The lowest BCUT2D eigenvalue weighted by molar-refractivity contribution is 0.0972. The van der Waals surface area contributed by atoms with Crippen LogP contribution in [0, 0.1) is 5.82 Å². The molecule has 4 rings (SSSR count). The first kappa shape index (κ1) is 24.0. The molecule has 180 valence electrons. The summed E-state index contributed by atoms with van der Waals surface area (Å²) in [4.78, 5) is 17.6. The molecule has 0 aliphatic carbocycles. The van der Waals surface area contributed by atoms with E-state index in [0.29, 0.717) is 34.5 Å². The number of nitrogens with one attached hydrogen (secondary N) is 1. The van der Waals surface area contributed by atoms with Crippen LogP contribution in [0.2, 0.25) is 0 Å². The van der Waals surface area contributed by atoms with Crippen LogP contribution in [-0.2, 0) is 5.75 Å². The molecule has 0 saturated carbocycles. The molecule has 1 amide bonds. The zero-order valence-corrected chi connectivity index (χ0v) is 20.0. The first-order valence-corrected chi connectivity index (χ1v) is 11.4. The fraction of sp³-hybridized carbons (Fsp3) is 0.167. The third kappa shape index (κ3) is 5.19. The van der Waals surface area contributed by atoms with Crippen molar-refractivity contribution in [2.75, 3.05) is 21.3 Å². The van der Waals surface area contributed by atoms with E-state index >= 15 is 0 Å². The van der Waals surface area contributed by atoms with Gasteiger partial charge in [-0.15, -0.1) is 10.2 Å². The van der Waals surface area contributed by atoms with Crippen LogP contribution in [0.4, 0.5) is 4.39 Å². The van der Waals surface area contributed by atoms with Crippen LogP contribution in [0.5, 0.6) is 17.4 Å². The summed E-state index contributed by atoms with van der Waals surface area (Å²) >= 11 is 1.11. The van der Waals surface area contributed by atoms with Gasteiger partial charge >= 0.3 is 0 Å². The van der Waals surface area contributed by atoms with Crippen molar-refractivity contribution in [2.24, 2.45) is 0 Å². The number of hydrogen-bond donors (Lipinski definition) is 1. The quantitative estimate of drug-likeness (QED) is 0.347. The normalized spacial score (nSPS) is 10.6. The average molecular weight is 496 g/mol. The number of aromatic nitrogens is 4. The number of rotatable bonds is 9. The maximum Gasteiger partial charge on any atom is 0.299 e. The zero-order chi connectivity index (χ0) is 24.8. The minimum Gasteiger partial charge on any atom is -0.494 e. The van der Waals surface area contributed by atoms with E-state index in [0.717, 1.165) is 17.5 Å². The molecule has 0 bridgehead atoms. The topological polar surface area (TPSA) is 100 Å². The summed E-state index contributed by atoms with van der Waals surface area (Å²) in [5.41, 5.74) is 1.59. The number of carbonyl (C=O) groups is 1. The lowest BCUT2D eigenvalue weighted by atomic mass is 10.2. The molecular formula is C24H22FN5O4S. The van der Waals surface area contributed by atoms with Gasteiger partial charge < -0.3 is 14.2 Å². The second-order valence-corrected chi connectivity index (χ2v) is 7.89. The van der Waals surface area contributed by atoms with Crippen LogP contribution in [0.15, 0.2) is 60.7 Å². The van der Waals surface area contributed by atoms with E-state index in [-0.39, 0.29) is 17.5 Å². The predicted molar refractivity (Wildman–Crippen MR) is 129 cm³/mol. The summed E-state index contributed by atoms with van der Waals surface area (Å²) in [7, 11) is 4.54. The van der Waals surface area contributed by atoms with Crippen molar-refractivity contribution in [3.63, 3.8) is 0 Å². The Kier molecular flexibility index (Phi) is 7.46. The molecule has 35 heavy (non-hydrogen) atoms. The number of ether oxygens (including phenoxy) is 3. The van der Waals surface area contributed by atoms with Gasteiger partial charge in [-0.1, -0.05) is 24.3 Å². The van der Waals surface area contributed by atoms with Crippen molar-refractivity contribution in [3.05, 3.63) is 77.9 Å². The number of pyridine rings is 1. The Bertz CT molecular complexity index is 1330. The van der Waals surface area contributed by atoms with Crippen molar-refractivity contribution >= 4 is 17.9 Å². The number of nitrogens with zero attached hydrogens (tertiary/aromatic N) is 4. The molecule has 0 aliphatic rings. The molecule has 0 fully saturated rings. The molecule has 2 aromatic carbocycles. The van der Waals surface area contributed by atoms with Crippen molar-refractivity contribution < 1.29 is 23.4 Å². The van der Waals surface area contributed by atoms with Crippen LogP contribution in [0.1, 0.15) is 16.2 Å². The van der Waals surface area contributed by atoms with Gasteiger partial charge in [-0.05, 0) is 47.8 Å². The van der Waals surface area contributed by atoms with E-state index < -0.39 is 5.91 Å². The fourth-order valence-corrected chi connectivity index (χ4v) is 4.01. The number of benzene rings is 2. The molecule has 0 radical (unpaired) electrons. The van der Waals surface area contributed by atoms with Gasteiger partial charge in [0.05, 0.1) is 21.3 Å². The largest absolute Gasteiger partial charge is 0.494 e. The molecule has 2 heterocycles. The van der Waals surface area contributed by atoms with E-state index in [9.17, 15) is 9.18 Å². The van der Waals surface area contributed by atoms with E-state index in [1.54, 1.807) is 48.5 Å². The molecule has 0 aliphatic heterocycles. The lowest BCUT2D eigenvalue weighted by Gasteiger charge is -2.17. The molecule has 4 aromatic rings. The van der Waals surface area contributed by atoms with Crippen LogP contribution in [-0.4, -0.2) is 47.0 Å². The molecule has 0 spiro atoms. The monoisotopic (exact) mass is 495 g/mol. The van der Waals surface area contributed by atoms with Crippen LogP contribution in [0.3, 0.4) is 0 Å². The summed E-state index contributed by atoms with van der Waals surface area (Å²) in [6, 6.07) is 16.6. The van der Waals surface area contributed by atoms with E-state index in [4.69, 9.17) is 14.2 Å². The summed E-state index contributed by atoms with van der Waals surface area (Å²) in [6.07, 6.45) is 0. The Morgan fingerprint density at radius 1 is 0.971 bits per heavy atom. The maximum atomic E-state index is 13.5. The van der Waals surface area contributed by atoms with Gasteiger partial charge in [0.2, 0.25) is 11.7 Å². The zero-order valence-electron chi connectivity index (χ0n) is 19.2. The van der Waals surface area contributed by atoms with Gasteiger partial charge in [0.1, 0.15) is 28.7 Å². The Balaban J connectivity index is 1.75. The molecule has 0 atom stereocenters. The third-order valence-electron chi connectivity index (χ3n) is 4.95. The van der Waals surface area contributed by atoms with Gasteiger partial charge in [0.15, 0.2) is 5.82 Å². The van der Waals surface area contributed by atoms with Crippen LogP contribution >= 0.6 is 11.9 Å². The molecule has 0 unspecified atom stereocenters. The molecule has 1 N–H and O–H groups in total. The van der Waals surface area contributed by atoms with Crippen molar-refractivity contribution in [2.45, 2.75) is 5.75 Å². The van der Waals surface area contributed by atoms with Crippen LogP contribution in [0.25, 0.3) is 17.2 Å². The van der Waals surface area contributed by atoms with Crippen molar-refractivity contribution in [1.29, 1.82) is 0 Å². The van der Waals surface area contributed by atoms with E-state index in [1.807, 2.05) is 0 Å². The minimum absolute atomic E-state index is 0.0147. The van der Waals surface area contributed by atoms with Gasteiger partial charge in [-0.2, -0.15) is 0 Å². The second kappa shape index (κ2) is 10.9. The number of amides is 1.